The maximum atomic E-state index is 10.6. The van der Waals surface area contributed by atoms with E-state index in [-0.39, 0.29) is 11.5 Å². The third-order valence-electron chi connectivity index (χ3n) is 1.72. The normalized spacial score (nSPS) is 10.2. The van der Waals surface area contributed by atoms with Crippen molar-refractivity contribution in [2.24, 2.45) is 0 Å². The van der Waals surface area contributed by atoms with Crippen molar-refractivity contribution in [1.82, 2.24) is 10.1 Å². The Labute approximate surface area is 89.3 Å². The van der Waals surface area contributed by atoms with Gasteiger partial charge in [-0.2, -0.15) is 0 Å². The molecule has 0 aromatic carbocycles. The van der Waals surface area contributed by atoms with Crippen molar-refractivity contribution in [2.45, 2.75) is 0 Å². The molecule has 0 saturated heterocycles. The minimum Gasteiger partial charge on any atom is -0.476 e. The first kappa shape index (κ1) is 9.67. The van der Waals surface area contributed by atoms with E-state index in [2.05, 4.69) is 10.1 Å². The number of carboxylic acids is 1. The molecule has 0 radical (unpaired) electrons. The van der Waals surface area contributed by atoms with E-state index in [0.717, 1.165) is 0 Å². The molecule has 0 amide bonds. The number of aromatic carboxylic acids is 1. The Hall–Kier alpha value is -1.88. The topological polar surface area (TPSA) is 76.2 Å². The number of carbonyl (C=O) groups is 1. The lowest BCUT2D eigenvalue weighted by Gasteiger charge is -1.95. The van der Waals surface area contributed by atoms with Crippen molar-refractivity contribution in [2.75, 3.05) is 0 Å². The molecular weight excluding hydrogens is 220 g/mol. The number of aromatic nitrogens is 2. The molecule has 0 spiro atoms. The van der Waals surface area contributed by atoms with Gasteiger partial charge in [-0.3, -0.25) is 4.98 Å². The summed E-state index contributed by atoms with van der Waals surface area (Å²) in [5.41, 5.74) is 0.200. The van der Waals surface area contributed by atoms with Crippen molar-refractivity contribution in [1.29, 1.82) is 0 Å². The number of halogens is 1. The van der Waals surface area contributed by atoms with Crippen molar-refractivity contribution in [3.05, 3.63) is 35.1 Å². The second-order valence-electron chi connectivity index (χ2n) is 2.72. The molecule has 0 aliphatic rings. The zero-order valence-corrected chi connectivity index (χ0v) is 8.10. The highest BCUT2D eigenvalue weighted by molar-refractivity contribution is 6.32. The van der Waals surface area contributed by atoms with Gasteiger partial charge >= 0.3 is 5.97 Å². The van der Waals surface area contributed by atoms with E-state index >= 15 is 0 Å². The van der Waals surface area contributed by atoms with E-state index in [4.69, 9.17) is 21.2 Å². The second kappa shape index (κ2) is 3.70. The number of hydrogen-bond donors (Lipinski definition) is 1. The molecule has 2 heterocycles. The summed E-state index contributed by atoms with van der Waals surface area (Å²) >= 11 is 5.85. The highest BCUT2D eigenvalue weighted by Crippen LogP contribution is 2.25. The fraction of sp³-hybridized carbons (Fsp3) is 0. The van der Waals surface area contributed by atoms with Gasteiger partial charge in [0.1, 0.15) is 5.69 Å². The van der Waals surface area contributed by atoms with Gasteiger partial charge in [-0.1, -0.05) is 16.8 Å². The zero-order chi connectivity index (χ0) is 10.8. The Kier molecular flexibility index (Phi) is 2.39. The van der Waals surface area contributed by atoms with Gasteiger partial charge in [0.25, 0.3) is 0 Å². The first-order valence-electron chi connectivity index (χ1n) is 3.99. The largest absolute Gasteiger partial charge is 0.476 e. The smallest absolute Gasteiger partial charge is 0.358 e. The second-order valence-corrected chi connectivity index (χ2v) is 3.12. The third kappa shape index (κ3) is 1.82. The maximum absolute atomic E-state index is 10.6. The van der Waals surface area contributed by atoms with E-state index in [9.17, 15) is 4.79 Å². The zero-order valence-electron chi connectivity index (χ0n) is 7.35. The average molecular weight is 225 g/mol. The van der Waals surface area contributed by atoms with Crippen molar-refractivity contribution in [3.8, 4) is 11.5 Å². The van der Waals surface area contributed by atoms with Crippen molar-refractivity contribution in [3.63, 3.8) is 0 Å². The van der Waals surface area contributed by atoms with Gasteiger partial charge in [-0.25, -0.2) is 4.79 Å². The van der Waals surface area contributed by atoms with Crippen molar-refractivity contribution >= 4 is 17.6 Å². The highest BCUT2D eigenvalue weighted by Gasteiger charge is 2.14. The van der Waals surface area contributed by atoms with Gasteiger partial charge in [-0.15, -0.1) is 0 Å². The molecule has 2 aromatic rings. The minimum absolute atomic E-state index is 0.174. The summed E-state index contributed by atoms with van der Waals surface area (Å²) in [6, 6.07) is 4.57. The molecule has 6 heteroatoms. The van der Waals surface area contributed by atoms with Crippen LogP contribution >= 0.6 is 11.6 Å². The first-order valence-corrected chi connectivity index (χ1v) is 4.37. The Morgan fingerprint density at radius 1 is 1.53 bits per heavy atom. The SMILES string of the molecule is O=C(O)c1cc(-c2ncccc2Cl)on1. The van der Waals surface area contributed by atoms with Crippen LogP contribution in [0.15, 0.2) is 28.9 Å². The van der Waals surface area contributed by atoms with Crippen LogP contribution in [0.25, 0.3) is 11.5 Å². The van der Waals surface area contributed by atoms with E-state index in [1.165, 1.54) is 12.3 Å². The Balaban J connectivity index is 2.46. The summed E-state index contributed by atoms with van der Waals surface area (Å²) in [5, 5.41) is 12.4. The van der Waals surface area contributed by atoms with Crippen LogP contribution < -0.4 is 0 Å². The van der Waals surface area contributed by atoms with Gasteiger partial charge in [0, 0.05) is 12.3 Å². The fourth-order valence-electron chi connectivity index (χ4n) is 1.05. The van der Waals surface area contributed by atoms with Gasteiger partial charge in [0.05, 0.1) is 5.02 Å². The van der Waals surface area contributed by atoms with E-state index in [0.29, 0.717) is 10.7 Å². The average Bonchev–Trinajstić information content (AvgIpc) is 2.67. The molecule has 2 aromatic heterocycles. The summed E-state index contributed by atoms with van der Waals surface area (Å²) in [6.45, 7) is 0. The number of rotatable bonds is 2. The summed E-state index contributed by atoms with van der Waals surface area (Å²) in [6.07, 6.45) is 1.53. The lowest BCUT2D eigenvalue weighted by Crippen LogP contribution is -1.94. The predicted molar refractivity (Wildman–Crippen MR) is 51.7 cm³/mol. The van der Waals surface area contributed by atoms with Crippen LogP contribution in [0.3, 0.4) is 0 Å². The molecule has 0 bridgehead atoms. The molecule has 0 saturated carbocycles. The summed E-state index contributed by atoms with van der Waals surface area (Å²) in [7, 11) is 0. The Morgan fingerprint density at radius 3 is 2.93 bits per heavy atom. The van der Waals surface area contributed by atoms with Crippen LogP contribution in [-0.4, -0.2) is 21.2 Å². The molecule has 5 nitrogen and oxygen atoms in total. The molecule has 0 aliphatic carbocycles. The van der Waals surface area contributed by atoms with Crippen LogP contribution in [0.4, 0.5) is 0 Å². The number of carboxylic acid groups (broad SMARTS) is 1. The van der Waals surface area contributed by atoms with Gasteiger partial charge < -0.3 is 9.63 Å². The van der Waals surface area contributed by atoms with E-state index < -0.39 is 5.97 Å². The number of pyridine rings is 1. The molecule has 15 heavy (non-hydrogen) atoms. The van der Waals surface area contributed by atoms with Gasteiger partial charge in [-0.05, 0) is 12.1 Å². The van der Waals surface area contributed by atoms with Crippen molar-refractivity contribution < 1.29 is 14.4 Å². The number of nitrogens with zero attached hydrogens (tertiary/aromatic N) is 2. The first-order chi connectivity index (χ1) is 7.18. The summed E-state index contributed by atoms with van der Waals surface area (Å²) in [4.78, 5) is 14.5. The summed E-state index contributed by atoms with van der Waals surface area (Å²) < 4.78 is 4.82. The molecular formula is C9H5ClN2O3. The maximum Gasteiger partial charge on any atom is 0.358 e. The molecule has 2 rings (SSSR count). The Bertz CT molecular complexity index is 510. The van der Waals surface area contributed by atoms with E-state index in [1.54, 1.807) is 12.1 Å². The fourth-order valence-corrected chi connectivity index (χ4v) is 1.27. The molecule has 0 atom stereocenters. The van der Waals surface area contributed by atoms with Crippen LogP contribution in [0.1, 0.15) is 10.5 Å². The molecule has 0 aliphatic heterocycles. The predicted octanol–water partition coefficient (Wildman–Crippen LogP) is 2.09. The monoisotopic (exact) mass is 224 g/mol. The van der Waals surface area contributed by atoms with E-state index in [1.807, 2.05) is 0 Å². The molecule has 0 fully saturated rings. The molecule has 0 unspecified atom stereocenters. The standard InChI is InChI=1S/C9H5ClN2O3/c10-5-2-1-3-11-8(5)7-4-6(9(13)14)12-15-7/h1-4H,(H,13,14). The lowest BCUT2D eigenvalue weighted by atomic mass is 10.2. The number of hydrogen-bond acceptors (Lipinski definition) is 4. The summed E-state index contributed by atoms with van der Waals surface area (Å²) in [5.74, 6) is -0.921. The highest BCUT2D eigenvalue weighted by atomic mass is 35.5. The van der Waals surface area contributed by atoms with Crippen LogP contribution in [0.5, 0.6) is 0 Å². The minimum atomic E-state index is -1.16. The lowest BCUT2D eigenvalue weighted by molar-refractivity contribution is 0.0686. The van der Waals surface area contributed by atoms with Gasteiger partial charge in [0.15, 0.2) is 11.5 Å². The van der Waals surface area contributed by atoms with Crippen LogP contribution in [0, 0.1) is 0 Å². The Morgan fingerprint density at radius 2 is 2.33 bits per heavy atom. The quantitative estimate of drug-likeness (QED) is 0.845. The molecule has 76 valence electrons. The van der Waals surface area contributed by atoms with Gasteiger partial charge in [0.2, 0.25) is 0 Å². The third-order valence-corrected chi connectivity index (χ3v) is 2.03. The van der Waals surface area contributed by atoms with Crippen LogP contribution in [0.2, 0.25) is 5.02 Å². The van der Waals surface area contributed by atoms with Crippen LogP contribution in [-0.2, 0) is 0 Å². The molecule has 1 N–H and O–H groups in total.